The highest BCUT2D eigenvalue weighted by Crippen LogP contribution is 2.36. The van der Waals surface area contributed by atoms with Crippen LogP contribution in [0.4, 0.5) is 4.39 Å². The molecule has 2 rings (SSSR count). The van der Waals surface area contributed by atoms with Gasteiger partial charge < -0.3 is 9.84 Å². The van der Waals surface area contributed by atoms with E-state index in [2.05, 4.69) is 0 Å². The fraction of sp³-hybridized carbons (Fsp3) is 0.571. The summed E-state index contributed by atoms with van der Waals surface area (Å²) in [5.74, 6) is 0.203. The highest BCUT2D eigenvalue weighted by atomic mass is 19.1. The van der Waals surface area contributed by atoms with Crippen LogP contribution in [-0.2, 0) is 11.2 Å². The minimum Gasteiger partial charge on any atom is -0.390 e. The van der Waals surface area contributed by atoms with E-state index in [1.165, 1.54) is 6.07 Å². The van der Waals surface area contributed by atoms with Crippen LogP contribution in [0.2, 0.25) is 0 Å². The fourth-order valence-corrected chi connectivity index (χ4v) is 2.18. The van der Waals surface area contributed by atoms with Gasteiger partial charge in [0.15, 0.2) is 0 Å². The maximum absolute atomic E-state index is 13.5. The van der Waals surface area contributed by atoms with Crippen molar-refractivity contribution in [2.45, 2.75) is 38.4 Å². The minimum absolute atomic E-state index is 0.139. The topological polar surface area (TPSA) is 29.5 Å². The van der Waals surface area contributed by atoms with Gasteiger partial charge in [-0.1, -0.05) is 18.2 Å². The van der Waals surface area contributed by atoms with E-state index in [9.17, 15) is 9.50 Å². The van der Waals surface area contributed by atoms with Gasteiger partial charge in [-0.15, -0.1) is 0 Å². The van der Waals surface area contributed by atoms with Crippen LogP contribution < -0.4 is 0 Å². The summed E-state index contributed by atoms with van der Waals surface area (Å²) >= 11 is 0. The van der Waals surface area contributed by atoms with Crippen LogP contribution in [0.3, 0.4) is 0 Å². The monoisotopic (exact) mass is 238 g/mol. The van der Waals surface area contributed by atoms with Crippen molar-refractivity contribution in [1.29, 1.82) is 0 Å². The molecule has 0 heterocycles. The van der Waals surface area contributed by atoms with Crippen LogP contribution in [0, 0.1) is 11.7 Å². The molecule has 1 aliphatic carbocycles. The molecule has 1 saturated carbocycles. The first-order valence-corrected chi connectivity index (χ1v) is 6.25. The predicted octanol–water partition coefficient (Wildman–Crippen LogP) is 2.54. The maximum atomic E-state index is 13.5. The summed E-state index contributed by atoms with van der Waals surface area (Å²) in [6, 6.07) is 6.59. The number of aliphatic hydroxyl groups is 1. The van der Waals surface area contributed by atoms with E-state index >= 15 is 0 Å². The molecule has 1 aromatic rings. The second-order valence-corrected chi connectivity index (χ2v) is 4.62. The van der Waals surface area contributed by atoms with Gasteiger partial charge in [0.2, 0.25) is 0 Å². The molecule has 1 aromatic carbocycles. The Labute approximate surface area is 101 Å². The normalized spacial score (nSPS) is 19.0. The molecule has 17 heavy (non-hydrogen) atoms. The van der Waals surface area contributed by atoms with Gasteiger partial charge in [0.1, 0.15) is 5.82 Å². The fourth-order valence-electron chi connectivity index (χ4n) is 2.18. The summed E-state index contributed by atoms with van der Waals surface area (Å²) in [6.45, 7) is 2.51. The molecular formula is C14H19FO2. The summed E-state index contributed by atoms with van der Waals surface area (Å²) in [7, 11) is 0. The lowest BCUT2D eigenvalue weighted by Gasteiger charge is -2.22. The molecule has 2 nitrogen and oxygen atoms in total. The zero-order chi connectivity index (χ0) is 12.3. The molecule has 0 amide bonds. The Morgan fingerprint density at radius 1 is 1.41 bits per heavy atom. The van der Waals surface area contributed by atoms with Crippen LogP contribution in [-0.4, -0.2) is 23.9 Å². The summed E-state index contributed by atoms with van der Waals surface area (Å²) < 4.78 is 19.0. The summed E-state index contributed by atoms with van der Waals surface area (Å²) in [6.07, 6.45) is 1.80. The number of aliphatic hydroxyl groups excluding tert-OH is 1. The quantitative estimate of drug-likeness (QED) is 0.825. The van der Waals surface area contributed by atoms with Gasteiger partial charge in [0, 0.05) is 13.0 Å². The van der Waals surface area contributed by atoms with E-state index in [0.29, 0.717) is 24.5 Å². The molecule has 0 aliphatic heterocycles. The largest absolute Gasteiger partial charge is 0.390 e. The Bertz CT molecular complexity index is 363. The molecule has 1 fully saturated rings. The highest BCUT2D eigenvalue weighted by molar-refractivity contribution is 5.18. The Hall–Kier alpha value is -0.930. The molecule has 0 spiro atoms. The lowest BCUT2D eigenvalue weighted by Crippen LogP contribution is -2.33. The predicted molar refractivity (Wildman–Crippen MR) is 64.2 cm³/mol. The molecular weight excluding hydrogens is 219 g/mol. The van der Waals surface area contributed by atoms with Gasteiger partial charge in [-0.3, -0.25) is 0 Å². The van der Waals surface area contributed by atoms with Crippen molar-refractivity contribution >= 4 is 0 Å². The SMILES string of the molecule is CCOC(C(O)Cc1ccccc1F)C1CC1. The first-order valence-electron chi connectivity index (χ1n) is 6.25. The van der Waals surface area contributed by atoms with Crippen LogP contribution in [0.15, 0.2) is 24.3 Å². The highest BCUT2D eigenvalue weighted by Gasteiger charge is 2.36. The minimum atomic E-state index is -0.612. The summed E-state index contributed by atoms with van der Waals surface area (Å²) in [5, 5.41) is 10.1. The zero-order valence-electron chi connectivity index (χ0n) is 10.1. The van der Waals surface area contributed by atoms with Crippen molar-refractivity contribution < 1.29 is 14.2 Å². The average molecular weight is 238 g/mol. The molecule has 2 atom stereocenters. The standard InChI is InChI=1S/C14H19FO2/c1-2-17-14(10-7-8-10)13(16)9-11-5-3-4-6-12(11)15/h3-6,10,13-14,16H,2,7-9H2,1H3. The molecule has 94 valence electrons. The molecule has 0 aromatic heterocycles. The zero-order valence-corrected chi connectivity index (χ0v) is 10.1. The molecule has 0 saturated heterocycles. The third-order valence-electron chi connectivity index (χ3n) is 3.21. The van der Waals surface area contributed by atoms with E-state index < -0.39 is 6.10 Å². The lowest BCUT2D eigenvalue weighted by atomic mass is 10.0. The molecule has 2 unspecified atom stereocenters. The van der Waals surface area contributed by atoms with Crippen LogP contribution >= 0.6 is 0 Å². The van der Waals surface area contributed by atoms with Gasteiger partial charge in [0.05, 0.1) is 12.2 Å². The molecule has 3 heteroatoms. The average Bonchev–Trinajstić information content (AvgIpc) is 3.13. The maximum Gasteiger partial charge on any atom is 0.126 e. The summed E-state index contributed by atoms with van der Waals surface area (Å²) in [4.78, 5) is 0. The number of hydrogen-bond acceptors (Lipinski definition) is 2. The first kappa shape index (κ1) is 12.5. The smallest absolute Gasteiger partial charge is 0.126 e. The van der Waals surface area contributed by atoms with Crippen molar-refractivity contribution in [2.24, 2.45) is 5.92 Å². The van der Waals surface area contributed by atoms with Crippen LogP contribution in [0.25, 0.3) is 0 Å². The number of rotatable bonds is 6. The molecule has 0 bridgehead atoms. The van der Waals surface area contributed by atoms with Gasteiger partial charge >= 0.3 is 0 Å². The van der Waals surface area contributed by atoms with Gasteiger partial charge in [-0.05, 0) is 37.3 Å². The van der Waals surface area contributed by atoms with E-state index in [4.69, 9.17) is 4.74 Å². The van der Waals surface area contributed by atoms with Gasteiger partial charge in [-0.2, -0.15) is 0 Å². The number of benzene rings is 1. The van der Waals surface area contributed by atoms with E-state index in [1.54, 1.807) is 18.2 Å². The molecule has 1 N–H and O–H groups in total. The molecule has 1 aliphatic rings. The second-order valence-electron chi connectivity index (χ2n) is 4.62. The first-order chi connectivity index (χ1) is 8.22. The van der Waals surface area contributed by atoms with Crippen molar-refractivity contribution in [2.75, 3.05) is 6.61 Å². The molecule has 0 radical (unpaired) electrons. The number of ether oxygens (including phenoxy) is 1. The number of hydrogen-bond donors (Lipinski definition) is 1. The Kier molecular flexibility index (Phi) is 4.13. The Balaban J connectivity index is 1.99. The third kappa shape index (κ3) is 3.27. The van der Waals surface area contributed by atoms with E-state index in [-0.39, 0.29) is 11.9 Å². The second kappa shape index (κ2) is 5.61. The van der Waals surface area contributed by atoms with Crippen molar-refractivity contribution in [3.63, 3.8) is 0 Å². The lowest BCUT2D eigenvalue weighted by molar-refractivity contribution is -0.0442. The van der Waals surface area contributed by atoms with Crippen molar-refractivity contribution in [1.82, 2.24) is 0 Å². The Morgan fingerprint density at radius 3 is 2.71 bits per heavy atom. The van der Waals surface area contributed by atoms with E-state index in [1.807, 2.05) is 6.92 Å². The third-order valence-corrected chi connectivity index (χ3v) is 3.21. The van der Waals surface area contributed by atoms with Crippen LogP contribution in [0.5, 0.6) is 0 Å². The van der Waals surface area contributed by atoms with Crippen molar-refractivity contribution in [3.8, 4) is 0 Å². The van der Waals surface area contributed by atoms with E-state index in [0.717, 1.165) is 12.8 Å². The summed E-state index contributed by atoms with van der Waals surface area (Å²) in [5.41, 5.74) is 0.561. The van der Waals surface area contributed by atoms with Crippen molar-refractivity contribution in [3.05, 3.63) is 35.6 Å². The van der Waals surface area contributed by atoms with Gasteiger partial charge in [0.25, 0.3) is 0 Å². The van der Waals surface area contributed by atoms with Gasteiger partial charge in [-0.25, -0.2) is 4.39 Å². The number of halogens is 1. The van der Waals surface area contributed by atoms with Crippen LogP contribution in [0.1, 0.15) is 25.3 Å². The Morgan fingerprint density at radius 2 is 2.12 bits per heavy atom.